The van der Waals surface area contributed by atoms with E-state index in [4.69, 9.17) is 11.6 Å². The lowest BCUT2D eigenvalue weighted by Gasteiger charge is -2.19. The molecule has 0 unspecified atom stereocenters. The molecule has 1 aliphatic heterocycles. The molecule has 3 heteroatoms. The summed E-state index contributed by atoms with van der Waals surface area (Å²) in [6, 6.07) is 0. The average molecular weight is 151 g/mol. The summed E-state index contributed by atoms with van der Waals surface area (Å²) in [7, 11) is 0. The molecule has 0 aromatic heterocycles. The predicted octanol–water partition coefficient (Wildman–Crippen LogP) is 0.826. The van der Waals surface area contributed by atoms with Gasteiger partial charge in [-0.05, 0) is 18.6 Å². The summed E-state index contributed by atoms with van der Waals surface area (Å²) >= 11 is 0. The molecule has 0 amide bonds. The number of rotatable bonds is 1. The molecule has 3 nitrogen and oxygen atoms in total. The minimum atomic E-state index is 0.813. The highest BCUT2D eigenvalue weighted by atomic mass is 15.4. The molecule has 4 N–H and O–H groups in total. The average Bonchev–Trinajstić information content (AvgIpc) is 2.04. The molecule has 1 heterocycles. The summed E-state index contributed by atoms with van der Waals surface area (Å²) in [6.45, 7) is 2.00. The van der Waals surface area contributed by atoms with Crippen LogP contribution in [0.4, 0.5) is 0 Å². The molecule has 0 saturated heterocycles. The molecule has 0 aromatic carbocycles. The molecule has 0 saturated carbocycles. The number of hydrogen-bond donors (Lipinski definition) is 2. The summed E-state index contributed by atoms with van der Waals surface area (Å²) in [6.07, 6.45) is 8.28. The summed E-state index contributed by atoms with van der Waals surface area (Å²) in [5.74, 6) is 5.61. The Bertz CT molecular complexity index is 225. The van der Waals surface area contributed by atoms with E-state index in [-0.39, 0.29) is 0 Å². The normalized spacial score (nSPS) is 20.7. The van der Waals surface area contributed by atoms with Crippen molar-refractivity contribution in [1.29, 1.82) is 0 Å². The first-order valence-electron chi connectivity index (χ1n) is 3.63. The summed E-state index contributed by atoms with van der Waals surface area (Å²) in [5, 5.41) is 1.53. The molecule has 0 spiro atoms. The fraction of sp³-hybridized carbons (Fsp3) is 0.250. The number of nitrogens with zero attached hydrogens (tertiary/aromatic N) is 1. The summed E-state index contributed by atoms with van der Waals surface area (Å²) in [4.78, 5) is 0. The maximum absolute atomic E-state index is 5.71. The van der Waals surface area contributed by atoms with Crippen molar-refractivity contribution in [2.75, 3.05) is 0 Å². The van der Waals surface area contributed by atoms with E-state index in [1.54, 1.807) is 6.20 Å². The van der Waals surface area contributed by atoms with Crippen molar-refractivity contribution in [2.45, 2.75) is 13.3 Å². The molecule has 1 aliphatic rings. The standard InChI is InChI=1S/C8H13N3/c1-2-7(9)8-5-3-4-6-11(8)10/h3-6H,2,9-10H2,1H3/b8-7-. The Balaban J connectivity index is 2.88. The van der Waals surface area contributed by atoms with Crippen molar-refractivity contribution in [1.82, 2.24) is 5.01 Å². The molecule has 60 valence electrons. The molecular formula is C8H13N3. The van der Waals surface area contributed by atoms with Gasteiger partial charge >= 0.3 is 0 Å². The van der Waals surface area contributed by atoms with E-state index in [1.165, 1.54) is 5.01 Å². The van der Waals surface area contributed by atoms with Crippen LogP contribution in [0.1, 0.15) is 13.3 Å². The lowest BCUT2D eigenvalue weighted by Crippen LogP contribution is -2.27. The maximum atomic E-state index is 5.71. The zero-order chi connectivity index (χ0) is 8.27. The van der Waals surface area contributed by atoms with Gasteiger partial charge in [0.1, 0.15) is 0 Å². The first kappa shape index (κ1) is 7.88. The van der Waals surface area contributed by atoms with Gasteiger partial charge in [0.2, 0.25) is 0 Å². The lowest BCUT2D eigenvalue weighted by molar-refractivity contribution is 0.495. The lowest BCUT2D eigenvalue weighted by atomic mass is 10.2. The second-order valence-electron chi connectivity index (χ2n) is 2.37. The van der Waals surface area contributed by atoms with Gasteiger partial charge in [-0.3, -0.25) is 5.01 Å². The van der Waals surface area contributed by atoms with Gasteiger partial charge < -0.3 is 5.73 Å². The summed E-state index contributed by atoms with van der Waals surface area (Å²) < 4.78 is 0. The van der Waals surface area contributed by atoms with E-state index in [2.05, 4.69) is 0 Å². The van der Waals surface area contributed by atoms with Crippen LogP contribution in [0.25, 0.3) is 0 Å². The van der Waals surface area contributed by atoms with Crippen molar-refractivity contribution < 1.29 is 0 Å². The fourth-order valence-corrected chi connectivity index (χ4v) is 0.909. The van der Waals surface area contributed by atoms with Crippen molar-refractivity contribution in [2.24, 2.45) is 11.6 Å². The van der Waals surface area contributed by atoms with Crippen LogP contribution < -0.4 is 11.6 Å². The predicted molar refractivity (Wildman–Crippen MR) is 45.8 cm³/mol. The van der Waals surface area contributed by atoms with E-state index in [9.17, 15) is 0 Å². The molecule has 1 rings (SSSR count). The number of hydrogen-bond acceptors (Lipinski definition) is 3. The molecule has 0 bridgehead atoms. The molecule has 11 heavy (non-hydrogen) atoms. The zero-order valence-corrected chi connectivity index (χ0v) is 6.62. The van der Waals surface area contributed by atoms with Gasteiger partial charge in [-0.15, -0.1) is 0 Å². The number of nitrogens with two attached hydrogens (primary N) is 2. The quantitative estimate of drug-likeness (QED) is 0.546. The number of hydrazine groups is 1. The highest BCUT2D eigenvalue weighted by Crippen LogP contribution is 2.11. The minimum Gasteiger partial charge on any atom is -0.400 e. The van der Waals surface area contributed by atoms with E-state index < -0.39 is 0 Å². The van der Waals surface area contributed by atoms with Crippen molar-refractivity contribution in [3.8, 4) is 0 Å². The Morgan fingerprint density at radius 3 is 2.82 bits per heavy atom. The van der Waals surface area contributed by atoms with Gasteiger partial charge in [-0.2, -0.15) is 0 Å². The molecule has 0 radical (unpaired) electrons. The van der Waals surface area contributed by atoms with Gasteiger partial charge in [-0.25, -0.2) is 5.84 Å². The molecular weight excluding hydrogens is 138 g/mol. The van der Waals surface area contributed by atoms with Crippen molar-refractivity contribution in [3.63, 3.8) is 0 Å². The minimum absolute atomic E-state index is 0.813. The third kappa shape index (κ3) is 1.62. The second kappa shape index (κ2) is 3.25. The monoisotopic (exact) mass is 151 g/mol. The highest BCUT2D eigenvalue weighted by Gasteiger charge is 2.04. The summed E-state index contributed by atoms with van der Waals surface area (Å²) in [5.41, 5.74) is 7.41. The first-order chi connectivity index (χ1) is 5.25. The van der Waals surface area contributed by atoms with E-state index in [0.717, 1.165) is 17.8 Å². The van der Waals surface area contributed by atoms with Gasteiger partial charge in [0.05, 0.1) is 5.70 Å². The van der Waals surface area contributed by atoms with Crippen LogP contribution in [-0.4, -0.2) is 5.01 Å². The van der Waals surface area contributed by atoms with Gasteiger partial charge in [0.15, 0.2) is 0 Å². The molecule has 0 fully saturated rings. The Morgan fingerprint density at radius 2 is 2.27 bits per heavy atom. The van der Waals surface area contributed by atoms with Crippen molar-refractivity contribution in [3.05, 3.63) is 35.8 Å². The Labute approximate surface area is 66.6 Å². The maximum Gasteiger partial charge on any atom is 0.0755 e. The van der Waals surface area contributed by atoms with E-state index >= 15 is 0 Å². The topological polar surface area (TPSA) is 55.3 Å². The largest absolute Gasteiger partial charge is 0.400 e. The second-order valence-corrected chi connectivity index (χ2v) is 2.37. The van der Waals surface area contributed by atoms with Gasteiger partial charge in [-0.1, -0.05) is 13.0 Å². The molecule has 0 atom stereocenters. The molecule has 0 aliphatic carbocycles. The number of allylic oxidation sites excluding steroid dienone is 4. The third-order valence-corrected chi connectivity index (χ3v) is 1.60. The van der Waals surface area contributed by atoms with Crippen molar-refractivity contribution >= 4 is 0 Å². The van der Waals surface area contributed by atoms with Crippen LogP contribution in [0.2, 0.25) is 0 Å². The zero-order valence-electron chi connectivity index (χ0n) is 6.62. The SMILES string of the molecule is CC/C(N)=C1\C=CC=CN1N. The fourth-order valence-electron chi connectivity index (χ4n) is 0.909. The van der Waals surface area contributed by atoms with Crippen LogP contribution in [0.5, 0.6) is 0 Å². The van der Waals surface area contributed by atoms with Crippen LogP contribution in [-0.2, 0) is 0 Å². The van der Waals surface area contributed by atoms with Crippen LogP contribution in [0.3, 0.4) is 0 Å². The molecule has 0 aromatic rings. The third-order valence-electron chi connectivity index (χ3n) is 1.60. The Morgan fingerprint density at radius 1 is 1.55 bits per heavy atom. The van der Waals surface area contributed by atoms with Crippen LogP contribution in [0, 0.1) is 0 Å². The Hall–Kier alpha value is -1.22. The first-order valence-corrected chi connectivity index (χ1v) is 3.63. The van der Waals surface area contributed by atoms with E-state index in [0.29, 0.717) is 0 Å². The van der Waals surface area contributed by atoms with Gasteiger partial charge in [0.25, 0.3) is 0 Å². The van der Waals surface area contributed by atoms with E-state index in [1.807, 2.05) is 25.2 Å². The van der Waals surface area contributed by atoms with Crippen LogP contribution in [0.15, 0.2) is 35.8 Å². The smallest absolute Gasteiger partial charge is 0.0755 e. The highest BCUT2D eigenvalue weighted by molar-refractivity contribution is 5.29. The van der Waals surface area contributed by atoms with Gasteiger partial charge in [0, 0.05) is 11.9 Å². The van der Waals surface area contributed by atoms with Crippen LogP contribution >= 0.6 is 0 Å². The Kier molecular flexibility index (Phi) is 2.33.